The third-order valence-corrected chi connectivity index (χ3v) is 16.3. The summed E-state index contributed by atoms with van der Waals surface area (Å²) < 4.78 is 0. The van der Waals surface area contributed by atoms with Gasteiger partial charge in [0.25, 0.3) is 0 Å². The van der Waals surface area contributed by atoms with Crippen LogP contribution in [-0.2, 0) is 107 Å². The van der Waals surface area contributed by atoms with Gasteiger partial charge in [-0.25, -0.2) is 14.8 Å². The van der Waals surface area contributed by atoms with Crippen molar-refractivity contribution >= 4 is 107 Å². The number of phenolic OH excluding ortho intramolecular Hbond substituents is 1. The second-order valence-electron chi connectivity index (χ2n) is 25.6. The smallest absolute Gasteiger partial charge is 0.326 e. The molecule has 0 spiro atoms. The van der Waals surface area contributed by atoms with Crippen LogP contribution < -0.4 is 80.6 Å². The Bertz CT molecular complexity index is 3900. The maximum absolute atomic E-state index is 14.6. The number of amides is 12. The van der Waals surface area contributed by atoms with Gasteiger partial charge in [0.15, 0.2) is 5.96 Å². The number of H-pyrrole nitrogens is 2. The highest BCUT2D eigenvalue weighted by Gasteiger charge is 2.38. The number of carbonyl (C=O) groups excluding carboxylic acids is 12. The van der Waals surface area contributed by atoms with Gasteiger partial charge in [0.1, 0.15) is 72.2 Å². The molecule has 12 amide bonds. The van der Waals surface area contributed by atoms with Gasteiger partial charge in [-0.1, -0.05) is 56.3 Å². The molecular weight excluding hydrogens is 1470 g/mol. The molecular formula is C67H92N20O24. The molecule has 0 radical (unpaired) electrons. The Morgan fingerprint density at radius 3 is 1.36 bits per heavy atom. The summed E-state index contributed by atoms with van der Waals surface area (Å²) in [5.74, 6) is -22.8. The van der Waals surface area contributed by atoms with Crippen molar-refractivity contribution in [2.75, 3.05) is 19.7 Å². The average Bonchev–Trinajstić information content (AvgIpc) is 1.64. The molecule has 0 saturated carbocycles. The summed E-state index contributed by atoms with van der Waals surface area (Å²) in [7, 11) is 0. The number of carboxylic acids is 5. The van der Waals surface area contributed by atoms with Gasteiger partial charge in [-0.2, -0.15) is 0 Å². The molecule has 2 aromatic heterocycles. The molecule has 0 aliphatic heterocycles. The second kappa shape index (κ2) is 45.5. The normalized spacial score (nSPS) is 14.2. The molecule has 44 heteroatoms. The van der Waals surface area contributed by atoms with Crippen molar-refractivity contribution in [3.63, 3.8) is 0 Å². The summed E-state index contributed by atoms with van der Waals surface area (Å²) in [6, 6.07) is -7.56. The molecule has 0 saturated heterocycles. The number of benzene rings is 2. The molecule has 4 aromatic rings. The van der Waals surface area contributed by atoms with E-state index in [9.17, 15) is 112 Å². The zero-order valence-electron chi connectivity index (χ0n) is 60.2. The van der Waals surface area contributed by atoms with Crippen molar-refractivity contribution < 1.29 is 117 Å². The number of aliphatic carboxylic acids is 5. The molecule has 2 aromatic carbocycles. The molecule has 0 aliphatic rings. The van der Waals surface area contributed by atoms with Crippen molar-refractivity contribution in [2.45, 2.75) is 170 Å². The fourth-order valence-electron chi connectivity index (χ4n) is 10.4. The van der Waals surface area contributed by atoms with Gasteiger partial charge >= 0.3 is 29.8 Å². The zero-order valence-corrected chi connectivity index (χ0v) is 60.2. The molecule has 0 bridgehead atoms. The van der Waals surface area contributed by atoms with Crippen LogP contribution in [-0.4, -0.2) is 255 Å². The van der Waals surface area contributed by atoms with E-state index in [0.717, 1.165) is 6.92 Å². The fraction of sp³-hybridized carbons (Fsp3) is 0.463. The second-order valence-corrected chi connectivity index (χ2v) is 25.6. The molecule has 12 atom stereocenters. The van der Waals surface area contributed by atoms with Crippen LogP contribution in [0.3, 0.4) is 0 Å². The van der Waals surface area contributed by atoms with E-state index in [1.165, 1.54) is 63.2 Å². The first-order chi connectivity index (χ1) is 52.4. The number of hydrogen-bond acceptors (Lipinski definition) is 23. The summed E-state index contributed by atoms with van der Waals surface area (Å²) >= 11 is 0. The maximum Gasteiger partial charge on any atom is 0.326 e. The van der Waals surface area contributed by atoms with Crippen molar-refractivity contribution in [3.8, 4) is 5.75 Å². The Kier molecular flexibility index (Phi) is 37.0. The van der Waals surface area contributed by atoms with E-state index in [-0.39, 0.29) is 49.2 Å². The van der Waals surface area contributed by atoms with E-state index in [1.807, 2.05) is 0 Å². The Balaban J connectivity index is 1.57. The molecule has 27 N–H and O–H groups in total. The number of aromatic hydroxyl groups is 1. The van der Waals surface area contributed by atoms with E-state index >= 15 is 0 Å². The number of imidazole rings is 2. The monoisotopic (exact) mass is 1560 g/mol. The Morgan fingerprint density at radius 1 is 0.450 bits per heavy atom. The number of nitrogens with zero attached hydrogens (tertiary/aromatic N) is 2. The van der Waals surface area contributed by atoms with Crippen molar-refractivity contribution in [3.05, 3.63) is 102 Å². The van der Waals surface area contributed by atoms with E-state index in [0.29, 0.717) is 11.3 Å². The number of aromatic amines is 2. The predicted octanol–water partition coefficient (Wildman–Crippen LogP) is -7.42. The average molecular weight is 1560 g/mol. The Hall–Kier alpha value is -13.2. The standard InChI is InChI=1S/C67H92N20O24/c1-32(2)54(65(109)85-47(66(110)111)23-37-27-72-31-76-37)87-60(104)42(16-18-51(93)94)81-61(105)43(21-35-11-13-38(89)14-12-35)78-49(90)28-74-57(101)48(29-88)86-64(108)46(25-53(97)98)84-63(107)45(22-36-26-71-30-75-36)83-58(102)40(10-7-19-73-67(69)70)80-62(106)44(20-34-8-5-4-6-9-34)82-59(103)41(15-17-50(91)92)79-55(99)33(3)77-56(100)39(68)24-52(95)96/h4-6,8-9,11-14,26-27,30-33,39-48,54,88-89H,7,10,15-25,28-29,68H2,1-3H3,(H,71,75)(H,72,76)(H,74,101)(H,77,100)(H,78,90)(H,79,99)(H,80,106)(H,81,105)(H,82,103)(H,83,102)(H,84,107)(H,85,109)(H,86,108)(H,87,104)(H,91,92)(H,93,94)(H,95,96)(H,97,98)(H,110,111)(H4,69,70,73)/t33-,39-,40-,41-,42-,43-,44-,45-,46-,47-,48-,54-/m0/s1. The van der Waals surface area contributed by atoms with Crippen LogP contribution >= 0.6 is 0 Å². The van der Waals surface area contributed by atoms with Crippen molar-refractivity contribution in [1.82, 2.24) is 89.1 Å². The van der Waals surface area contributed by atoms with Crippen LogP contribution in [0.25, 0.3) is 0 Å². The molecule has 0 fully saturated rings. The summed E-state index contributed by atoms with van der Waals surface area (Å²) in [5.41, 5.74) is 12.3. The minimum atomic E-state index is -2.15. The van der Waals surface area contributed by atoms with Crippen LogP contribution in [0.1, 0.15) is 94.7 Å². The number of aromatic nitrogens is 4. The van der Waals surface area contributed by atoms with E-state index < -0.39 is 250 Å². The number of hydrogen-bond donors (Lipinski definition) is 25. The molecule has 4 rings (SSSR count). The number of aliphatic hydroxyl groups is 1. The highest BCUT2D eigenvalue weighted by atomic mass is 16.4. The number of phenols is 1. The highest BCUT2D eigenvalue weighted by molar-refractivity contribution is 6.00. The molecule has 604 valence electrons. The van der Waals surface area contributed by atoms with Gasteiger partial charge in [0.05, 0.1) is 44.7 Å². The molecule has 0 unspecified atom stereocenters. The summed E-state index contributed by atoms with van der Waals surface area (Å²) in [6.07, 6.45) is -1.59. The number of carbonyl (C=O) groups is 17. The van der Waals surface area contributed by atoms with Gasteiger partial charge in [0, 0.05) is 68.9 Å². The predicted molar refractivity (Wildman–Crippen MR) is 381 cm³/mol. The Morgan fingerprint density at radius 2 is 0.883 bits per heavy atom. The van der Waals surface area contributed by atoms with E-state index in [1.54, 1.807) is 30.3 Å². The number of nitrogens with two attached hydrogens (primary N) is 2. The van der Waals surface area contributed by atoms with Crippen molar-refractivity contribution in [2.24, 2.45) is 17.4 Å². The quantitative estimate of drug-likeness (QED) is 0.0111. The molecule has 0 aliphatic carbocycles. The third kappa shape index (κ3) is 32.8. The van der Waals surface area contributed by atoms with Crippen LogP contribution in [0.5, 0.6) is 5.75 Å². The summed E-state index contributed by atoms with van der Waals surface area (Å²) in [6.45, 7) is 1.75. The lowest BCUT2D eigenvalue weighted by Crippen LogP contribution is -2.61. The van der Waals surface area contributed by atoms with Gasteiger partial charge in [-0.15, -0.1) is 0 Å². The topological polar surface area (TPSA) is 721 Å². The van der Waals surface area contributed by atoms with Crippen molar-refractivity contribution in [1.29, 1.82) is 5.41 Å². The summed E-state index contributed by atoms with van der Waals surface area (Å²) in [5, 5.41) is 106. The zero-order chi connectivity index (χ0) is 82.6. The number of carboxylic acid groups (broad SMARTS) is 5. The van der Waals surface area contributed by atoms with E-state index in [2.05, 4.69) is 89.1 Å². The minimum Gasteiger partial charge on any atom is -0.508 e. The van der Waals surface area contributed by atoms with Crippen LogP contribution in [0.2, 0.25) is 0 Å². The maximum atomic E-state index is 14.6. The molecule has 111 heavy (non-hydrogen) atoms. The van der Waals surface area contributed by atoms with Crippen LogP contribution in [0, 0.1) is 11.3 Å². The minimum absolute atomic E-state index is 0.0610. The lowest BCUT2D eigenvalue weighted by molar-refractivity contribution is -0.142. The molecule has 2 heterocycles. The largest absolute Gasteiger partial charge is 0.508 e. The van der Waals surface area contributed by atoms with Gasteiger partial charge < -0.3 is 126 Å². The van der Waals surface area contributed by atoms with Crippen LogP contribution in [0.4, 0.5) is 0 Å². The SMILES string of the molecule is CC(C)[C@H](NC(=O)[C@H](CCC(=O)O)NC(=O)[C@H](Cc1ccc(O)cc1)NC(=O)CNC(=O)[C@H](CO)NC(=O)[C@H](CC(=O)O)NC(=O)[C@H](Cc1cnc[nH]1)NC(=O)[C@H](CCCNC(=N)N)NC(=O)[C@H](Cc1ccccc1)NC(=O)[C@H](CCC(=O)O)NC(=O)[C@H](C)NC(=O)[C@@H](N)CC(=O)O)C(=O)N[C@@H](Cc1cnc[nH]1)C(=O)O. The van der Waals surface area contributed by atoms with Gasteiger partial charge in [-0.3, -0.25) is 82.1 Å². The first-order valence-corrected chi connectivity index (χ1v) is 34.3. The number of guanidine groups is 1. The third-order valence-electron chi connectivity index (χ3n) is 16.3. The number of rotatable bonds is 49. The molecule has 44 nitrogen and oxygen atoms in total. The van der Waals surface area contributed by atoms with Crippen LogP contribution in [0.15, 0.2) is 79.6 Å². The fourth-order valence-corrected chi connectivity index (χ4v) is 10.4. The Labute approximate surface area is 631 Å². The lowest BCUT2D eigenvalue weighted by atomic mass is 10.0. The first-order valence-electron chi connectivity index (χ1n) is 34.3. The van der Waals surface area contributed by atoms with Gasteiger partial charge in [0.2, 0.25) is 70.9 Å². The lowest BCUT2D eigenvalue weighted by Gasteiger charge is -2.28. The summed E-state index contributed by atoms with van der Waals surface area (Å²) in [4.78, 5) is 239. The van der Waals surface area contributed by atoms with E-state index in [4.69, 9.17) is 22.0 Å². The van der Waals surface area contributed by atoms with Gasteiger partial charge in [-0.05, 0) is 61.8 Å². The highest BCUT2D eigenvalue weighted by Crippen LogP contribution is 2.15. The first kappa shape index (κ1) is 90.2. The number of nitrogens with one attached hydrogen (secondary N) is 16. The number of aliphatic hydroxyl groups excluding tert-OH is 1.